The lowest BCUT2D eigenvalue weighted by atomic mass is 10.1. The molecule has 3 heterocycles. The topological polar surface area (TPSA) is 108 Å². The standard InChI is InChI=1S/C24H27N5O3S2/c1-33-14-12-19(23-25-17-7-4-5-8-18(17)26-23)27-24(30)16-10-11-20-21(15-16)34(31,32)28-22-9-3-2-6-13-29(20)22/h4-5,7-8,10-11,15,19H,2-3,6,9,12-14H2,1H3,(H,25,26)(H,27,30). The third-order valence-electron chi connectivity index (χ3n) is 6.26. The summed E-state index contributed by atoms with van der Waals surface area (Å²) < 4.78 is 29.9. The van der Waals surface area contributed by atoms with Gasteiger partial charge in [0.15, 0.2) is 0 Å². The van der Waals surface area contributed by atoms with Gasteiger partial charge in [-0.3, -0.25) is 4.79 Å². The fraction of sp³-hybridized carbons (Fsp3) is 0.375. The minimum Gasteiger partial charge on any atom is -0.342 e. The van der Waals surface area contributed by atoms with E-state index >= 15 is 0 Å². The van der Waals surface area contributed by atoms with Crippen molar-refractivity contribution in [3.8, 4) is 0 Å². The molecule has 10 heteroatoms. The number of anilines is 1. The van der Waals surface area contributed by atoms with Gasteiger partial charge in [0.25, 0.3) is 15.9 Å². The van der Waals surface area contributed by atoms with Crippen LogP contribution >= 0.6 is 11.8 Å². The Bertz CT molecular complexity index is 1330. The van der Waals surface area contributed by atoms with E-state index in [2.05, 4.69) is 19.7 Å². The van der Waals surface area contributed by atoms with Crippen molar-refractivity contribution in [1.29, 1.82) is 0 Å². The zero-order valence-electron chi connectivity index (χ0n) is 19.0. The molecule has 1 aromatic heterocycles. The van der Waals surface area contributed by atoms with Gasteiger partial charge >= 0.3 is 0 Å². The maximum atomic E-state index is 13.2. The molecule has 2 aromatic carbocycles. The van der Waals surface area contributed by atoms with E-state index in [0.717, 1.165) is 42.6 Å². The molecule has 178 valence electrons. The first kappa shape index (κ1) is 22.9. The van der Waals surface area contributed by atoms with Crippen molar-refractivity contribution in [2.24, 2.45) is 4.40 Å². The summed E-state index contributed by atoms with van der Waals surface area (Å²) >= 11 is 1.69. The minimum atomic E-state index is -3.85. The number of carbonyl (C=O) groups excluding carboxylic acids is 1. The van der Waals surface area contributed by atoms with Crippen LogP contribution in [-0.4, -0.2) is 48.7 Å². The molecule has 0 saturated carbocycles. The number of sulfonamides is 1. The number of nitrogens with one attached hydrogen (secondary N) is 2. The van der Waals surface area contributed by atoms with Gasteiger partial charge in [-0.25, -0.2) is 4.98 Å². The quantitative estimate of drug-likeness (QED) is 0.527. The van der Waals surface area contributed by atoms with E-state index in [1.807, 2.05) is 35.4 Å². The first-order chi connectivity index (χ1) is 16.5. The van der Waals surface area contributed by atoms with Crippen LogP contribution in [0.2, 0.25) is 0 Å². The first-order valence-corrected chi connectivity index (χ1v) is 14.3. The number of H-pyrrole nitrogens is 1. The van der Waals surface area contributed by atoms with Gasteiger partial charge in [0.1, 0.15) is 16.6 Å². The number of imidazole rings is 1. The lowest BCUT2D eigenvalue weighted by Gasteiger charge is -2.29. The number of nitrogens with zero attached hydrogens (tertiary/aromatic N) is 3. The van der Waals surface area contributed by atoms with Crippen molar-refractivity contribution >= 4 is 50.2 Å². The Hall–Kier alpha value is -2.85. The van der Waals surface area contributed by atoms with Gasteiger partial charge in [-0.2, -0.15) is 20.2 Å². The Kier molecular flexibility index (Phi) is 6.35. The molecule has 3 aromatic rings. The van der Waals surface area contributed by atoms with Crippen LogP contribution in [-0.2, 0) is 10.0 Å². The molecule has 0 bridgehead atoms. The second-order valence-corrected chi connectivity index (χ2v) is 11.1. The Balaban J connectivity index is 1.44. The van der Waals surface area contributed by atoms with Gasteiger partial charge in [-0.05, 0) is 61.6 Å². The van der Waals surface area contributed by atoms with E-state index in [1.54, 1.807) is 23.9 Å². The average molecular weight is 498 g/mol. The minimum absolute atomic E-state index is 0.0928. The summed E-state index contributed by atoms with van der Waals surface area (Å²) in [4.78, 5) is 23.3. The van der Waals surface area contributed by atoms with Crippen molar-refractivity contribution < 1.29 is 13.2 Å². The number of benzene rings is 2. The third kappa shape index (κ3) is 4.44. The van der Waals surface area contributed by atoms with Gasteiger partial charge < -0.3 is 15.2 Å². The predicted octanol–water partition coefficient (Wildman–Crippen LogP) is 4.27. The molecule has 0 radical (unpaired) electrons. The van der Waals surface area contributed by atoms with E-state index in [0.29, 0.717) is 35.8 Å². The molecule has 8 nitrogen and oxygen atoms in total. The van der Waals surface area contributed by atoms with Crippen LogP contribution in [0.15, 0.2) is 51.8 Å². The first-order valence-electron chi connectivity index (χ1n) is 11.5. The summed E-state index contributed by atoms with van der Waals surface area (Å²) in [6.45, 7) is 0.732. The molecule has 1 saturated heterocycles. The molecule has 1 fully saturated rings. The van der Waals surface area contributed by atoms with Crippen LogP contribution in [0.4, 0.5) is 5.69 Å². The Morgan fingerprint density at radius 1 is 1.21 bits per heavy atom. The lowest BCUT2D eigenvalue weighted by molar-refractivity contribution is 0.0934. The highest BCUT2D eigenvalue weighted by molar-refractivity contribution is 7.98. The van der Waals surface area contributed by atoms with Gasteiger partial charge in [-0.15, -0.1) is 4.40 Å². The predicted molar refractivity (Wildman–Crippen MR) is 136 cm³/mol. The number of amides is 1. The number of amidine groups is 1. The third-order valence-corrected chi connectivity index (χ3v) is 8.24. The highest BCUT2D eigenvalue weighted by atomic mass is 32.2. The zero-order chi connectivity index (χ0) is 23.7. The maximum absolute atomic E-state index is 13.2. The summed E-state index contributed by atoms with van der Waals surface area (Å²) in [7, 11) is -3.85. The summed E-state index contributed by atoms with van der Waals surface area (Å²) in [5.74, 6) is 1.79. The van der Waals surface area contributed by atoms with Gasteiger partial charge in [-0.1, -0.05) is 18.6 Å². The molecule has 34 heavy (non-hydrogen) atoms. The number of fused-ring (bicyclic) bond motifs is 4. The molecule has 2 aliphatic heterocycles. The van der Waals surface area contributed by atoms with E-state index in [9.17, 15) is 13.2 Å². The molecule has 1 amide bonds. The van der Waals surface area contributed by atoms with E-state index < -0.39 is 10.0 Å². The van der Waals surface area contributed by atoms with Gasteiger partial charge in [0.2, 0.25) is 0 Å². The highest BCUT2D eigenvalue weighted by Crippen LogP contribution is 2.35. The second-order valence-electron chi connectivity index (χ2n) is 8.57. The number of aromatic amines is 1. The van der Waals surface area contributed by atoms with Crippen molar-refractivity contribution in [3.63, 3.8) is 0 Å². The molecule has 5 rings (SSSR count). The fourth-order valence-electron chi connectivity index (χ4n) is 4.51. The number of hydrogen-bond donors (Lipinski definition) is 2. The van der Waals surface area contributed by atoms with Crippen LogP contribution in [0.5, 0.6) is 0 Å². The molecule has 1 unspecified atom stereocenters. The number of aromatic nitrogens is 2. The molecule has 2 aliphatic rings. The van der Waals surface area contributed by atoms with Gasteiger partial charge in [0, 0.05) is 18.5 Å². The number of rotatable bonds is 6. The van der Waals surface area contributed by atoms with Crippen molar-refractivity contribution in [1.82, 2.24) is 15.3 Å². The monoisotopic (exact) mass is 497 g/mol. The smallest absolute Gasteiger partial charge is 0.286 e. The normalized spacial score (nSPS) is 17.9. The molecule has 0 spiro atoms. The van der Waals surface area contributed by atoms with Crippen molar-refractivity contribution in [2.75, 3.05) is 23.5 Å². The van der Waals surface area contributed by atoms with E-state index in [1.165, 1.54) is 6.07 Å². The van der Waals surface area contributed by atoms with Crippen LogP contribution < -0.4 is 10.2 Å². The molecule has 2 N–H and O–H groups in total. The molecule has 0 aliphatic carbocycles. The maximum Gasteiger partial charge on any atom is 0.286 e. The van der Waals surface area contributed by atoms with Crippen molar-refractivity contribution in [3.05, 3.63) is 53.9 Å². The largest absolute Gasteiger partial charge is 0.342 e. The number of thioether (sulfide) groups is 1. The van der Waals surface area contributed by atoms with Crippen molar-refractivity contribution in [2.45, 2.75) is 43.0 Å². The van der Waals surface area contributed by atoms with Crippen LogP contribution in [0.1, 0.15) is 54.3 Å². The van der Waals surface area contributed by atoms with Crippen LogP contribution in [0.3, 0.4) is 0 Å². The van der Waals surface area contributed by atoms with E-state index in [4.69, 9.17) is 0 Å². The number of para-hydroxylation sites is 2. The summed E-state index contributed by atoms with van der Waals surface area (Å²) in [5.41, 5.74) is 2.65. The number of carbonyl (C=O) groups is 1. The summed E-state index contributed by atoms with van der Waals surface area (Å²) in [6.07, 6.45) is 6.32. The van der Waals surface area contributed by atoms with E-state index in [-0.39, 0.29) is 16.8 Å². The Morgan fingerprint density at radius 3 is 2.88 bits per heavy atom. The molecule has 1 atom stereocenters. The molecular formula is C24H27N5O3S2. The van der Waals surface area contributed by atoms with Crippen LogP contribution in [0.25, 0.3) is 11.0 Å². The fourth-order valence-corrected chi connectivity index (χ4v) is 6.27. The second kappa shape index (κ2) is 9.42. The Morgan fingerprint density at radius 2 is 2.06 bits per heavy atom. The van der Waals surface area contributed by atoms with Gasteiger partial charge in [0.05, 0.1) is 22.8 Å². The number of hydrogen-bond acceptors (Lipinski definition) is 6. The lowest BCUT2D eigenvalue weighted by Crippen LogP contribution is -2.35. The SMILES string of the molecule is CSCCC(NC(=O)c1ccc2c(c1)S(=O)(=O)N=C1CCCCCN12)c1nc2ccccc2[nH]1. The zero-order valence-corrected chi connectivity index (χ0v) is 20.6. The molecular weight excluding hydrogens is 470 g/mol. The average Bonchev–Trinajstić information content (AvgIpc) is 3.13. The highest BCUT2D eigenvalue weighted by Gasteiger charge is 2.32. The summed E-state index contributed by atoms with van der Waals surface area (Å²) in [6, 6.07) is 12.3. The summed E-state index contributed by atoms with van der Waals surface area (Å²) in [5, 5.41) is 3.06. The van der Waals surface area contributed by atoms with Crippen LogP contribution in [0, 0.1) is 0 Å². The Labute approximate surface area is 203 Å².